The summed E-state index contributed by atoms with van der Waals surface area (Å²) in [5, 5.41) is 3.37. The molecule has 0 aliphatic carbocycles. The van der Waals surface area contributed by atoms with E-state index >= 15 is 0 Å². The molecule has 0 radical (unpaired) electrons. The maximum atomic E-state index is 12.3. The van der Waals surface area contributed by atoms with Crippen LogP contribution in [0.3, 0.4) is 0 Å². The van der Waals surface area contributed by atoms with Gasteiger partial charge in [0.2, 0.25) is 0 Å². The maximum absolute atomic E-state index is 12.3. The van der Waals surface area contributed by atoms with Gasteiger partial charge in [0.15, 0.2) is 11.6 Å². The van der Waals surface area contributed by atoms with Crippen LogP contribution in [0, 0.1) is 0 Å². The predicted octanol–water partition coefficient (Wildman–Crippen LogP) is 5.36. The predicted molar refractivity (Wildman–Crippen MR) is 115 cm³/mol. The van der Waals surface area contributed by atoms with Crippen LogP contribution in [0.4, 0.5) is 0 Å². The van der Waals surface area contributed by atoms with Gasteiger partial charge >= 0.3 is 5.97 Å². The number of fused-ring (bicyclic) bond motifs is 3. The molecule has 0 heterocycles. The Morgan fingerprint density at radius 3 is 2.14 bits per heavy atom. The van der Waals surface area contributed by atoms with Crippen molar-refractivity contribution < 1.29 is 19.1 Å². The van der Waals surface area contributed by atoms with E-state index < -0.39 is 11.8 Å². The summed E-state index contributed by atoms with van der Waals surface area (Å²) >= 11 is 0. The van der Waals surface area contributed by atoms with Gasteiger partial charge < -0.3 is 4.74 Å². The van der Waals surface area contributed by atoms with Gasteiger partial charge in [0.1, 0.15) is 11.3 Å². The minimum absolute atomic E-state index is 0.102. The smallest absolute Gasteiger partial charge is 0.346 e. The lowest BCUT2D eigenvalue weighted by atomic mass is 9.97. The summed E-state index contributed by atoms with van der Waals surface area (Å²) in [7, 11) is 0. The molecule has 0 spiro atoms. The van der Waals surface area contributed by atoms with E-state index in [4.69, 9.17) is 4.74 Å². The first-order valence-corrected chi connectivity index (χ1v) is 8.97. The Morgan fingerprint density at radius 1 is 0.793 bits per heavy atom. The van der Waals surface area contributed by atoms with Gasteiger partial charge in [0, 0.05) is 10.9 Å². The Bertz CT molecular complexity index is 1240. The van der Waals surface area contributed by atoms with E-state index in [1.807, 2.05) is 30.3 Å². The van der Waals surface area contributed by atoms with E-state index in [1.54, 1.807) is 25.1 Å². The van der Waals surface area contributed by atoms with Gasteiger partial charge in [-0.15, -0.1) is 0 Å². The molecular formula is C25H20O4. The molecule has 0 aliphatic rings. The molecule has 0 aromatic heterocycles. The third kappa shape index (κ3) is 3.78. The molecule has 0 atom stereocenters. The highest BCUT2D eigenvalue weighted by Crippen LogP contribution is 2.32. The summed E-state index contributed by atoms with van der Waals surface area (Å²) in [6.45, 7) is 13.9. The average Bonchev–Trinajstić information content (AvgIpc) is 2.71. The van der Waals surface area contributed by atoms with E-state index in [0.29, 0.717) is 22.3 Å². The lowest BCUT2D eigenvalue weighted by molar-refractivity contribution is -0.131. The highest BCUT2D eigenvalue weighted by molar-refractivity contribution is 6.23. The highest BCUT2D eigenvalue weighted by atomic mass is 16.5. The SMILES string of the molecule is C=C(C)C(=O)C(=C)C(=O)Oc1cccc2c1ccc1cc(C(=O)C(=C)C)ccc12. The number of carbonyl (C=O) groups is 3. The summed E-state index contributed by atoms with van der Waals surface area (Å²) in [5.41, 5.74) is 1.000. The average molecular weight is 384 g/mol. The molecule has 0 bridgehead atoms. The third-order valence-corrected chi connectivity index (χ3v) is 4.60. The molecule has 3 aromatic rings. The summed E-state index contributed by atoms with van der Waals surface area (Å²) < 4.78 is 5.44. The van der Waals surface area contributed by atoms with Crippen LogP contribution in [-0.4, -0.2) is 17.5 Å². The van der Waals surface area contributed by atoms with Gasteiger partial charge in [-0.25, -0.2) is 4.79 Å². The molecule has 0 saturated heterocycles. The van der Waals surface area contributed by atoms with Crippen molar-refractivity contribution in [2.45, 2.75) is 13.8 Å². The van der Waals surface area contributed by atoms with E-state index in [1.165, 1.54) is 6.92 Å². The second-order valence-electron chi connectivity index (χ2n) is 6.94. The second kappa shape index (κ2) is 7.68. The van der Waals surface area contributed by atoms with Crippen LogP contribution in [-0.2, 0) is 9.59 Å². The van der Waals surface area contributed by atoms with Crippen LogP contribution in [0.15, 0.2) is 85.0 Å². The lowest BCUT2D eigenvalue weighted by Crippen LogP contribution is -2.18. The van der Waals surface area contributed by atoms with Gasteiger partial charge in [-0.2, -0.15) is 0 Å². The van der Waals surface area contributed by atoms with E-state index in [2.05, 4.69) is 19.7 Å². The van der Waals surface area contributed by atoms with E-state index in [0.717, 1.165) is 16.2 Å². The van der Waals surface area contributed by atoms with Gasteiger partial charge in [-0.3, -0.25) is 9.59 Å². The van der Waals surface area contributed by atoms with Crippen molar-refractivity contribution in [2.24, 2.45) is 0 Å². The molecule has 4 nitrogen and oxygen atoms in total. The second-order valence-corrected chi connectivity index (χ2v) is 6.94. The Balaban J connectivity index is 2.04. The zero-order chi connectivity index (χ0) is 21.3. The number of hydrogen-bond acceptors (Lipinski definition) is 4. The Labute approximate surface area is 168 Å². The molecule has 0 N–H and O–H groups in total. The molecule has 0 aliphatic heterocycles. The van der Waals surface area contributed by atoms with Gasteiger partial charge in [0.25, 0.3) is 0 Å². The molecule has 4 heteroatoms. The number of Topliss-reactive ketones (excluding diaryl/α,β-unsaturated/α-hetero) is 2. The van der Waals surface area contributed by atoms with Crippen molar-refractivity contribution in [3.8, 4) is 5.75 Å². The van der Waals surface area contributed by atoms with Crippen LogP contribution in [0.2, 0.25) is 0 Å². The molecule has 3 rings (SSSR count). The van der Waals surface area contributed by atoms with Crippen molar-refractivity contribution in [3.63, 3.8) is 0 Å². The number of ketones is 2. The van der Waals surface area contributed by atoms with Gasteiger partial charge in [-0.1, -0.05) is 50.1 Å². The number of benzene rings is 3. The molecule has 0 saturated carbocycles. The molecule has 0 amide bonds. The molecule has 3 aromatic carbocycles. The maximum Gasteiger partial charge on any atom is 0.346 e. The number of esters is 1. The molecular weight excluding hydrogens is 364 g/mol. The fourth-order valence-electron chi connectivity index (χ4n) is 3.06. The largest absolute Gasteiger partial charge is 0.422 e. The van der Waals surface area contributed by atoms with Crippen LogP contribution in [0.5, 0.6) is 5.75 Å². The van der Waals surface area contributed by atoms with E-state index in [9.17, 15) is 14.4 Å². The van der Waals surface area contributed by atoms with Crippen molar-refractivity contribution >= 4 is 39.1 Å². The minimum Gasteiger partial charge on any atom is -0.422 e. The first kappa shape index (κ1) is 20.0. The molecule has 0 unspecified atom stereocenters. The van der Waals surface area contributed by atoms with E-state index in [-0.39, 0.29) is 16.9 Å². The minimum atomic E-state index is -0.812. The van der Waals surface area contributed by atoms with Crippen molar-refractivity contribution in [2.75, 3.05) is 0 Å². The highest BCUT2D eigenvalue weighted by Gasteiger charge is 2.19. The van der Waals surface area contributed by atoms with Gasteiger partial charge in [0.05, 0.1) is 0 Å². The monoisotopic (exact) mass is 384 g/mol. The fraction of sp³-hybridized carbons (Fsp3) is 0.0800. The van der Waals surface area contributed by atoms with Crippen LogP contribution in [0.25, 0.3) is 21.5 Å². The van der Waals surface area contributed by atoms with Crippen molar-refractivity contribution in [1.29, 1.82) is 0 Å². The molecule has 29 heavy (non-hydrogen) atoms. The number of allylic oxidation sites excluding steroid dienone is 2. The topological polar surface area (TPSA) is 60.4 Å². The fourth-order valence-corrected chi connectivity index (χ4v) is 3.06. The Hall–Kier alpha value is -3.79. The first-order chi connectivity index (χ1) is 13.7. The third-order valence-electron chi connectivity index (χ3n) is 4.60. The van der Waals surface area contributed by atoms with Crippen molar-refractivity contribution in [3.05, 3.63) is 90.6 Å². The van der Waals surface area contributed by atoms with Crippen LogP contribution < -0.4 is 4.74 Å². The van der Waals surface area contributed by atoms with Crippen LogP contribution >= 0.6 is 0 Å². The zero-order valence-electron chi connectivity index (χ0n) is 16.4. The lowest BCUT2D eigenvalue weighted by Gasteiger charge is -2.11. The first-order valence-electron chi connectivity index (χ1n) is 8.97. The summed E-state index contributed by atoms with van der Waals surface area (Å²) in [5.74, 6) is -1.12. The summed E-state index contributed by atoms with van der Waals surface area (Å²) in [6, 6.07) is 14.4. The zero-order valence-corrected chi connectivity index (χ0v) is 16.4. The number of ether oxygens (including phenoxy) is 1. The van der Waals surface area contributed by atoms with Gasteiger partial charge in [-0.05, 0) is 59.4 Å². The number of rotatable bonds is 6. The number of hydrogen-bond donors (Lipinski definition) is 0. The summed E-state index contributed by atoms with van der Waals surface area (Å²) in [4.78, 5) is 36.4. The molecule has 0 fully saturated rings. The summed E-state index contributed by atoms with van der Waals surface area (Å²) in [6.07, 6.45) is 0. The van der Waals surface area contributed by atoms with Crippen molar-refractivity contribution in [1.82, 2.24) is 0 Å². The normalized spacial score (nSPS) is 10.6. The quantitative estimate of drug-likeness (QED) is 0.109. The molecule has 144 valence electrons. The number of carbonyl (C=O) groups excluding carboxylic acids is 3. The van der Waals surface area contributed by atoms with Crippen LogP contribution in [0.1, 0.15) is 24.2 Å². The standard InChI is InChI=1S/C25H20O4/c1-14(2)23(26)16(5)25(28)29-22-8-6-7-20-19-11-10-18(24(27)15(3)4)13-17(19)9-12-21(20)22/h6-13H,1,3,5H2,2,4H3. The Kier molecular flexibility index (Phi) is 5.29. The Morgan fingerprint density at radius 2 is 1.48 bits per heavy atom.